The first-order valence-corrected chi connectivity index (χ1v) is 9.11. The van der Waals surface area contributed by atoms with Crippen molar-refractivity contribution < 1.29 is 23.2 Å². The number of nitro benzene ring substituents is 1. The summed E-state index contributed by atoms with van der Waals surface area (Å²) in [7, 11) is -4.06. The molecule has 134 valence electrons. The second-order valence-electron chi connectivity index (χ2n) is 5.46. The van der Waals surface area contributed by atoms with Crippen LogP contribution in [0.3, 0.4) is 0 Å². The minimum absolute atomic E-state index is 0.245. The average molecular weight is 359 g/mol. The fourth-order valence-corrected chi connectivity index (χ4v) is 3.46. The Balaban J connectivity index is 2.17. The van der Waals surface area contributed by atoms with Crippen LogP contribution in [0.4, 0.5) is 11.4 Å². The molecule has 1 saturated heterocycles. The molecule has 1 aliphatic rings. The fraction of sp³-hybridized carbons (Fsp3) is 0.571. The van der Waals surface area contributed by atoms with E-state index in [4.69, 9.17) is 4.74 Å². The third kappa shape index (κ3) is 4.41. The number of hydrogen-bond acceptors (Lipinski definition) is 8. The first-order valence-electron chi connectivity index (χ1n) is 7.57. The summed E-state index contributed by atoms with van der Waals surface area (Å²) in [6.07, 6.45) is 0. The Hall–Kier alpha value is -1.75. The number of sulfone groups is 1. The predicted molar refractivity (Wildman–Crippen MR) is 87.7 cm³/mol. The molecule has 1 atom stereocenters. The lowest BCUT2D eigenvalue weighted by Crippen LogP contribution is -2.39. The van der Waals surface area contributed by atoms with Crippen LogP contribution in [0, 0.1) is 10.1 Å². The van der Waals surface area contributed by atoms with Gasteiger partial charge in [-0.2, -0.15) is 0 Å². The van der Waals surface area contributed by atoms with Gasteiger partial charge in [0.15, 0.2) is 5.44 Å². The van der Waals surface area contributed by atoms with Gasteiger partial charge < -0.3 is 15.2 Å². The number of non-ortho nitro benzene ring substituents is 1. The van der Waals surface area contributed by atoms with Gasteiger partial charge in [-0.3, -0.25) is 15.0 Å². The van der Waals surface area contributed by atoms with Crippen LogP contribution in [0.5, 0.6) is 0 Å². The van der Waals surface area contributed by atoms with Crippen LogP contribution in [-0.2, 0) is 14.6 Å². The Morgan fingerprint density at radius 1 is 1.42 bits per heavy atom. The lowest BCUT2D eigenvalue weighted by Gasteiger charge is -2.26. The van der Waals surface area contributed by atoms with Crippen molar-refractivity contribution in [2.45, 2.75) is 17.3 Å². The molecule has 10 heteroatoms. The Morgan fingerprint density at radius 3 is 2.67 bits per heavy atom. The second kappa shape index (κ2) is 7.88. The van der Waals surface area contributed by atoms with Gasteiger partial charge in [0.25, 0.3) is 5.69 Å². The van der Waals surface area contributed by atoms with Gasteiger partial charge in [0.2, 0.25) is 9.84 Å². The quantitative estimate of drug-likeness (QED) is 0.531. The maximum absolute atomic E-state index is 12.3. The van der Waals surface area contributed by atoms with Crippen molar-refractivity contribution in [2.75, 3.05) is 44.7 Å². The van der Waals surface area contributed by atoms with Gasteiger partial charge in [0.1, 0.15) is 0 Å². The fourth-order valence-electron chi connectivity index (χ4n) is 2.36. The minimum Gasteiger partial charge on any atom is -0.383 e. The van der Waals surface area contributed by atoms with Crippen molar-refractivity contribution in [3.63, 3.8) is 0 Å². The number of benzene rings is 1. The molecule has 0 bridgehead atoms. The molecule has 1 fully saturated rings. The van der Waals surface area contributed by atoms with E-state index in [1.165, 1.54) is 12.1 Å². The number of nitro groups is 1. The molecular formula is C14H21N3O6S. The number of hydrogen-bond donors (Lipinski definition) is 2. The molecule has 1 aromatic carbocycles. The molecule has 0 amide bonds. The molecule has 24 heavy (non-hydrogen) atoms. The summed E-state index contributed by atoms with van der Waals surface area (Å²) in [5.41, 5.74) is -1.75. The largest absolute Gasteiger partial charge is 0.383 e. The van der Waals surface area contributed by atoms with E-state index in [1.54, 1.807) is 0 Å². The SMILES string of the molecule is CC(O)S(=O)(=O)c1cc([N+](=O)[O-])ccc1NCCN1CCOCC1. The zero-order valence-corrected chi connectivity index (χ0v) is 14.2. The van der Waals surface area contributed by atoms with Crippen molar-refractivity contribution in [2.24, 2.45) is 0 Å². The third-order valence-corrected chi connectivity index (χ3v) is 5.63. The van der Waals surface area contributed by atoms with Gasteiger partial charge in [-0.15, -0.1) is 0 Å². The summed E-state index contributed by atoms with van der Waals surface area (Å²) in [5.74, 6) is 0. The zero-order valence-electron chi connectivity index (χ0n) is 13.3. The molecule has 0 spiro atoms. The van der Waals surface area contributed by atoms with E-state index < -0.39 is 20.2 Å². The molecular weight excluding hydrogens is 338 g/mol. The van der Waals surface area contributed by atoms with Crippen molar-refractivity contribution in [3.05, 3.63) is 28.3 Å². The molecule has 1 unspecified atom stereocenters. The molecule has 0 radical (unpaired) electrons. The zero-order chi connectivity index (χ0) is 17.7. The third-order valence-electron chi connectivity index (χ3n) is 3.78. The molecule has 2 rings (SSSR count). The van der Waals surface area contributed by atoms with Crippen LogP contribution in [0.1, 0.15) is 6.92 Å². The minimum atomic E-state index is -4.06. The number of nitrogens with zero attached hydrogens (tertiary/aromatic N) is 2. The van der Waals surface area contributed by atoms with Crippen molar-refractivity contribution in [1.82, 2.24) is 4.90 Å². The van der Waals surface area contributed by atoms with Crippen LogP contribution in [0.2, 0.25) is 0 Å². The van der Waals surface area contributed by atoms with Crippen LogP contribution < -0.4 is 5.32 Å². The normalized spacial score (nSPS) is 17.4. The average Bonchev–Trinajstić information content (AvgIpc) is 2.55. The molecule has 1 heterocycles. The van der Waals surface area contributed by atoms with E-state index in [0.717, 1.165) is 26.1 Å². The van der Waals surface area contributed by atoms with E-state index in [2.05, 4.69) is 10.2 Å². The highest BCUT2D eigenvalue weighted by Gasteiger charge is 2.26. The molecule has 0 aromatic heterocycles. The maximum atomic E-state index is 12.3. The molecule has 0 aliphatic carbocycles. The van der Waals surface area contributed by atoms with Gasteiger partial charge in [0.05, 0.1) is 28.7 Å². The summed E-state index contributed by atoms with van der Waals surface area (Å²) >= 11 is 0. The number of rotatable bonds is 7. The van der Waals surface area contributed by atoms with Gasteiger partial charge >= 0.3 is 0 Å². The van der Waals surface area contributed by atoms with E-state index >= 15 is 0 Å². The monoisotopic (exact) mass is 359 g/mol. The first-order chi connectivity index (χ1) is 11.3. The summed E-state index contributed by atoms with van der Waals surface area (Å²) in [5, 5.41) is 23.4. The molecule has 1 aromatic rings. The van der Waals surface area contributed by atoms with Crippen molar-refractivity contribution in [1.29, 1.82) is 0 Å². The standard InChI is InChI=1S/C14H21N3O6S/c1-11(18)24(21,22)14-10-12(17(19)20)2-3-13(14)15-4-5-16-6-8-23-9-7-16/h2-3,10-11,15,18H,4-9H2,1H3. The van der Waals surface area contributed by atoms with Crippen LogP contribution >= 0.6 is 0 Å². The summed E-state index contributed by atoms with van der Waals surface area (Å²) in [4.78, 5) is 12.1. The molecule has 9 nitrogen and oxygen atoms in total. The maximum Gasteiger partial charge on any atom is 0.270 e. The predicted octanol–water partition coefficient (Wildman–Crippen LogP) is 0.451. The number of nitrogens with one attached hydrogen (secondary N) is 1. The molecule has 0 saturated carbocycles. The Bertz CT molecular complexity index is 686. The second-order valence-corrected chi connectivity index (χ2v) is 7.67. The number of aliphatic hydroxyl groups excluding tert-OH is 1. The van der Waals surface area contributed by atoms with Gasteiger partial charge in [-0.05, 0) is 13.0 Å². The smallest absolute Gasteiger partial charge is 0.270 e. The van der Waals surface area contributed by atoms with Gasteiger partial charge in [-0.25, -0.2) is 8.42 Å². The van der Waals surface area contributed by atoms with Crippen LogP contribution in [0.15, 0.2) is 23.1 Å². The van der Waals surface area contributed by atoms with Gasteiger partial charge in [0, 0.05) is 38.3 Å². The topological polar surface area (TPSA) is 122 Å². The lowest BCUT2D eigenvalue weighted by atomic mass is 10.3. The Kier molecular flexibility index (Phi) is 6.10. The highest BCUT2D eigenvalue weighted by Crippen LogP contribution is 2.28. The van der Waals surface area contributed by atoms with Crippen LogP contribution in [0.25, 0.3) is 0 Å². The highest BCUT2D eigenvalue weighted by atomic mass is 32.2. The summed E-state index contributed by atoms with van der Waals surface area (Å²) < 4.78 is 29.8. The molecule has 2 N–H and O–H groups in total. The molecule has 1 aliphatic heterocycles. The Labute approximate surface area is 140 Å². The number of aliphatic hydroxyl groups is 1. The lowest BCUT2D eigenvalue weighted by molar-refractivity contribution is -0.385. The summed E-state index contributed by atoms with van der Waals surface area (Å²) in [6, 6.07) is 3.56. The number of morpholine rings is 1. The van der Waals surface area contributed by atoms with E-state index in [1.807, 2.05) is 0 Å². The van der Waals surface area contributed by atoms with E-state index in [-0.39, 0.29) is 16.3 Å². The van der Waals surface area contributed by atoms with Gasteiger partial charge in [-0.1, -0.05) is 0 Å². The van der Waals surface area contributed by atoms with E-state index in [9.17, 15) is 23.6 Å². The number of anilines is 1. The highest BCUT2D eigenvalue weighted by molar-refractivity contribution is 7.92. The van der Waals surface area contributed by atoms with E-state index in [0.29, 0.717) is 26.3 Å². The Morgan fingerprint density at radius 2 is 2.08 bits per heavy atom. The number of ether oxygens (including phenoxy) is 1. The first kappa shape index (κ1) is 18.6. The van der Waals surface area contributed by atoms with Crippen LogP contribution in [-0.4, -0.2) is 68.2 Å². The van der Waals surface area contributed by atoms with Crippen molar-refractivity contribution in [3.8, 4) is 0 Å². The summed E-state index contributed by atoms with van der Waals surface area (Å²) in [6.45, 7) is 5.22. The van der Waals surface area contributed by atoms with Crippen molar-refractivity contribution >= 4 is 21.2 Å².